The fourth-order valence-electron chi connectivity index (χ4n) is 3.89. The van der Waals surface area contributed by atoms with Gasteiger partial charge in [0, 0.05) is 39.1 Å². The average molecular weight is 384 g/mol. The summed E-state index contributed by atoms with van der Waals surface area (Å²) in [6, 6.07) is 6.79. The standard InChI is InChI=1S/C20H25FN6O/c1-3-26-18-14-22-27(20(18)15(2)23-26)9-8-19(28)25-12-10-24(11-13-25)17-7-5-4-6-16(17)21/h4-7,14H,3,8-13H2,1-2H3. The molecule has 1 fully saturated rings. The van der Waals surface area contributed by atoms with E-state index in [0.717, 1.165) is 23.3 Å². The van der Waals surface area contributed by atoms with Gasteiger partial charge in [-0.3, -0.25) is 14.2 Å². The van der Waals surface area contributed by atoms with Crippen LogP contribution in [0.3, 0.4) is 0 Å². The maximum Gasteiger partial charge on any atom is 0.224 e. The minimum absolute atomic E-state index is 0.109. The van der Waals surface area contributed by atoms with Crippen LogP contribution in [0, 0.1) is 12.7 Å². The van der Waals surface area contributed by atoms with Crippen molar-refractivity contribution in [2.75, 3.05) is 31.1 Å². The van der Waals surface area contributed by atoms with Crippen molar-refractivity contribution in [1.82, 2.24) is 24.5 Å². The van der Waals surface area contributed by atoms with Crippen LogP contribution in [0.25, 0.3) is 11.0 Å². The molecule has 1 saturated heterocycles. The van der Waals surface area contributed by atoms with Crippen molar-refractivity contribution in [3.05, 3.63) is 42.0 Å². The number of para-hydroxylation sites is 1. The Morgan fingerprint density at radius 3 is 2.61 bits per heavy atom. The molecular formula is C20H25FN6O. The lowest BCUT2D eigenvalue weighted by atomic mass is 10.2. The van der Waals surface area contributed by atoms with E-state index in [4.69, 9.17) is 0 Å². The van der Waals surface area contributed by atoms with E-state index >= 15 is 0 Å². The van der Waals surface area contributed by atoms with Gasteiger partial charge < -0.3 is 9.80 Å². The topological polar surface area (TPSA) is 59.2 Å². The number of hydrogen-bond acceptors (Lipinski definition) is 4. The molecule has 7 nitrogen and oxygen atoms in total. The van der Waals surface area contributed by atoms with Crippen LogP contribution in [-0.4, -0.2) is 56.5 Å². The predicted molar refractivity (Wildman–Crippen MR) is 106 cm³/mol. The molecule has 4 rings (SSSR count). The molecule has 3 heterocycles. The first-order valence-electron chi connectivity index (χ1n) is 9.74. The Hall–Kier alpha value is -2.90. The molecule has 0 atom stereocenters. The summed E-state index contributed by atoms with van der Waals surface area (Å²) in [5.74, 6) is -0.106. The highest BCUT2D eigenvalue weighted by Crippen LogP contribution is 2.21. The highest BCUT2D eigenvalue weighted by molar-refractivity contribution is 5.79. The number of carbonyl (C=O) groups is 1. The number of halogens is 1. The minimum atomic E-state index is -0.215. The number of aryl methyl sites for hydroxylation is 3. The van der Waals surface area contributed by atoms with E-state index < -0.39 is 0 Å². The van der Waals surface area contributed by atoms with E-state index in [9.17, 15) is 9.18 Å². The van der Waals surface area contributed by atoms with E-state index in [-0.39, 0.29) is 11.7 Å². The van der Waals surface area contributed by atoms with Crippen LogP contribution in [0.15, 0.2) is 30.5 Å². The van der Waals surface area contributed by atoms with E-state index in [1.165, 1.54) is 6.07 Å². The number of amides is 1. The molecule has 1 aliphatic rings. The molecule has 3 aromatic rings. The molecular weight excluding hydrogens is 359 g/mol. The van der Waals surface area contributed by atoms with Crippen molar-refractivity contribution in [2.24, 2.45) is 0 Å². The molecule has 0 saturated carbocycles. The lowest BCUT2D eigenvalue weighted by Crippen LogP contribution is -2.49. The molecule has 0 bridgehead atoms. The largest absolute Gasteiger partial charge is 0.366 e. The molecule has 1 amide bonds. The highest BCUT2D eigenvalue weighted by atomic mass is 19.1. The average Bonchev–Trinajstić information content (AvgIpc) is 3.28. The van der Waals surface area contributed by atoms with Gasteiger partial charge in [0.15, 0.2) is 0 Å². The van der Waals surface area contributed by atoms with Gasteiger partial charge in [-0.25, -0.2) is 4.39 Å². The van der Waals surface area contributed by atoms with Crippen LogP contribution in [0.4, 0.5) is 10.1 Å². The highest BCUT2D eigenvalue weighted by Gasteiger charge is 2.23. The Morgan fingerprint density at radius 2 is 1.89 bits per heavy atom. The molecule has 1 aromatic carbocycles. The Labute approximate surface area is 163 Å². The second kappa shape index (κ2) is 7.61. The monoisotopic (exact) mass is 384 g/mol. The molecule has 0 unspecified atom stereocenters. The molecule has 2 aromatic heterocycles. The number of hydrogen-bond donors (Lipinski definition) is 0. The number of piperazine rings is 1. The summed E-state index contributed by atoms with van der Waals surface area (Å²) in [5.41, 5.74) is 3.54. The van der Waals surface area contributed by atoms with Crippen LogP contribution in [0.2, 0.25) is 0 Å². The Morgan fingerprint density at radius 1 is 1.14 bits per heavy atom. The van der Waals surface area contributed by atoms with E-state index in [1.807, 2.05) is 45.3 Å². The predicted octanol–water partition coefficient (Wildman–Crippen LogP) is 2.44. The third kappa shape index (κ3) is 3.34. The number of fused-ring (bicyclic) bond motifs is 1. The SMILES string of the molecule is CCn1nc(C)c2c1cnn2CCC(=O)N1CCN(c2ccccc2F)CC1. The van der Waals surface area contributed by atoms with Gasteiger partial charge in [0.05, 0.1) is 24.1 Å². The van der Waals surface area contributed by atoms with Gasteiger partial charge in [0.2, 0.25) is 5.91 Å². The summed E-state index contributed by atoms with van der Waals surface area (Å²) < 4.78 is 17.8. The van der Waals surface area contributed by atoms with Gasteiger partial charge in [0.1, 0.15) is 16.9 Å². The zero-order valence-corrected chi connectivity index (χ0v) is 16.3. The van der Waals surface area contributed by atoms with Crippen LogP contribution in [0.5, 0.6) is 0 Å². The zero-order valence-electron chi connectivity index (χ0n) is 16.3. The Bertz CT molecular complexity index is 986. The Balaban J connectivity index is 1.35. The third-order valence-corrected chi connectivity index (χ3v) is 5.37. The summed E-state index contributed by atoms with van der Waals surface area (Å²) in [6.07, 6.45) is 2.21. The third-order valence-electron chi connectivity index (χ3n) is 5.37. The van der Waals surface area contributed by atoms with E-state index in [0.29, 0.717) is 44.8 Å². The molecule has 0 aliphatic carbocycles. The quantitative estimate of drug-likeness (QED) is 0.678. The van der Waals surface area contributed by atoms with Crippen molar-refractivity contribution in [3.63, 3.8) is 0 Å². The second-order valence-corrected chi connectivity index (χ2v) is 7.07. The van der Waals surface area contributed by atoms with Gasteiger partial charge in [-0.15, -0.1) is 0 Å². The maximum absolute atomic E-state index is 14.0. The number of rotatable bonds is 5. The fraction of sp³-hybridized carbons (Fsp3) is 0.450. The van der Waals surface area contributed by atoms with Gasteiger partial charge in [0.25, 0.3) is 0 Å². The van der Waals surface area contributed by atoms with Gasteiger partial charge in [-0.05, 0) is 26.0 Å². The lowest BCUT2D eigenvalue weighted by molar-refractivity contribution is -0.131. The van der Waals surface area contributed by atoms with Crippen LogP contribution < -0.4 is 4.90 Å². The number of aromatic nitrogens is 4. The van der Waals surface area contributed by atoms with Crippen molar-refractivity contribution in [2.45, 2.75) is 33.4 Å². The fourth-order valence-corrected chi connectivity index (χ4v) is 3.89. The van der Waals surface area contributed by atoms with Crippen molar-refractivity contribution in [1.29, 1.82) is 0 Å². The molecule has 0 radical (unpaired) electrons. The zero-order chi connectivity index (χ0) is 19.7. The summed E-state index contributed by atoms with van der Waals surface area (Å²) in [4.78, 5) is 16.5. The molecule has 148 valence electrons. The molecule has 0 spiro atoms. The summed E-state index contributed by atoms with van der Waals surface area (Å²) in [7, 11) is 0. The van der Waals surface area contributed by atoms with E-state index in [1.54, 1.807) is 12.1 Å². The van der Waals surface area contributed by atoms with Crippen LogP contribution in [0.1, 0.15) is 19.0 Å². The summed E-state index contributed by atoms with van der Waals surface area (Å²) in [6.45, 7) is 7.84. The van der Waals surface area contributed by atoms with Crippen LogP contribution in [-0.2, 0) is 17.9 Å². The number of benzene rings is 1. The second-order valence-electron chi connectivity index (χ2n) is 7.07. The molecule has 8 heteroatoms. The van der Waals surface area contributed by atoms with Gasteiger partial charge >= 0.3 is 0 Å². The number of nitrogens with zero attached hydrogens (tertiary/aromatic N) is 6. The maximum atomic E-state index is 14.0. The van der Waals surface area contributed by atoms with Gasteiger partial charge in [-0.1, -0.05) is 12.1 Å². The normalized spacial score (nSPS) is 14.8. The first-order chi connectivity index (χ1) is 13.6. The van der Waals surface area contributed by atoms with Crippen molar-refractivity contribution >= 4 is 22.6 Å². The Kier molecular flexibility index (Phi) is 5.02. The smallest absolute Gasteiger partial charge is 0.224 e. The molecule has 0 N–H and O–H groups in total. The minimum Gasteiger partial charge on any atom is -0.366 e. The van der Waals surface area contributed by atoms with Crippen molar-refractivity contribution in [3.8, 4) is 0 Å². The summed E-state index contributed by atoms with van der Waals surface area (Å²) >= 11 is 0. The van der Waals surface area contributed by atoms with Crippen LogP contribution >= 0.6 is 0 Å². The lowest BCUT2D eigenvalue weighted by Gasteiger charge is -2.36. The van der Waals surface area contributed by atoms with Crippen molar-refractivity contribution < 1.29 is 9.18 Å². The van der Waals surface area contributed by atoms with Gasteiger partial charge in [-0.2, -0.15) is 10.2 Å². The molecule has 1 aliphatic heterocycles. The first kappa shape index (κ1) is 18.5. The summed E-state index contributed by atoms with van der Waals surface area (Å²) in [5, 5.41) is 8.95. The number of carbonyl (C=O) groups excluding carboxylic acids is 1. The van der Waals surface area contributed by atoms with E-state index in [2.05, 4.69) is 10.2 Å². The first-order valence-corrected chi connectivity index (χ1v) is 9.74. The number of anilines is 1. The molecule has 28 heavy (non-hydrogen) atoms.